The number of rotatable bonds is 5. The van der Waals surface area contributed by atoms with E-state index < -0.39 is 0 Å². The van der Waals surface area contributed by atoms with Gasteiger partial charge in [0.2, 0.25) is 5.91 Å². The van der Waals surface area contributed by atoms with E-state index >= 15 is 0 Å². The molecule has 0 atom stereocenters. The Morgan fingerprint density at radius 3 is 2.70 bits per heavy atom. The molecule has 1 aromatic rings. The Labute approximate surface area is 118 Å². The van der Waals surface area contributed by atoms with Crippen molar-refractivity contribution in [3.63, 3.8) is 0 Å². The average molecular weight is 273 g/mol. The topological polar surface area (TPSA) is 74.1 Å². The first-order valence-electron chi connectivity index (χ1n) is 6.88. The molecule has 2 N–H and O–H groups in total. The number of nitriles is 1. The predicted octanol–water partition coefficient (Wildman–Crippen LogP) is 1.92. The minimum Gasteiger partial charge on any atom is -0.479 e. The van der Waals surface area contributed by atoms with E-state index in [4.69, 9.17) is 10.00 Å². The van der Waals surface area contributed by atoms with E-state index in [0.29, 0.717) is 18.1 Å². The number of nitrogens with one attached hydrogen (secondary N) is 2. The summed E-state index contributed by atoms with van der Waals surface area (Å²) >= 11 is 0. The Kier molecular flexibility index (Phi) is 5.39. The smallest absolute Gasteiger partial charge is 0.224 e. The molecule has 1 amide bonds. The summed E-state index contributed by atoms with van der Waals surface area (Å²) in [6, 6.07) is 8.98. The lowest BCUT2D eigenvalue weighted by Crippen LogP contribution is -2.30. The van der Waals surface area contributed by atoms with E-state index in [9.17, 15) is 4.79 Å². The third-order valence-corrected chi connectivity index (χ3v) is 3.37. The van der Waals surface area contributed by atoms with Crippen LogP contribution in [0.5, 0.6) is 5.75 Å². The SMILES string of the molecule is N#CCOc1ccc(NC(=O)CC2CCNCC2)cc1. The van der Waals surface area contributed by atoms with Crippen molar-refractivity contribution in [1.29, 1.82) is 5.26 Å². The Bertz CT molecular complexity index is 473. The Hall–Kier alpha value is -2.06. The van der Waals surface area contributed by atoms with E-state index in [0.717, 1.165) is 31.6 Å². The van der Waals surface area contributed by atoms with Crippen molar-refractivity contribution in [2.75, 3.05) is 25.0 Å². The van der Waals surface area contributed by atoms with Gasteiger partial charge in [-0.2, -0.15) is 5.26 Å². The maximum Gasteiger partial charge on any atom is 0.224 e. The van der Waals surface area contributed by atoms with Gasteiger partial charge >= 0.3 is 0 Å². The molecule has 1 aliphatic heterocycles. The number of carbonyl (C=O) groups is 1. The van der Waals surface area contributed by atoms with Crippen LogP contribution in [0.15, 0.2) is 24.3 Å². The second-order valence-electron chi connectivity index (χ2n) is 4.92. The van der Waals surface area contributed by atoms with Crippen molar-refractivity contribution in [1.82, 2.24) is 5.32 Å². The number of hydrogen-bond donors (Lipinski definition) is 2. The van der Waals surface area contributed by atoms with Crippen LogP contribution < -0.4 is 15.4 Å². The fourth-order valence-corrected chi connectivity index (χ4v) is 2.31. The maximum absolute atomic E-state index is 11.9. The molecule has 1 aliphatic rings. The molecular weight excluding hydrogens is 254 g/mol. The Morgan fingerprint density at radius 1 is 1.35 bits per heavy atom. The van der Waals surface area contributed by atoms with Crippen molar-refractivity contribution < 1.29 is 9.53 Å². The summed E-state index contributed by atoms with van der Waals surface area (Å²) in [4.78, 5) is 11.9. The molecule has 1 heterocycles. The number of carbonyl (C=O) groups excluding carboxylic acids is 1. The largest absolute Gasteiger partial charge is 0.479 e. The first-order valence-corrected chi connectivity index (χ1v) is 6.88. The maximum atomic E-state index is 11.9. The lowest BCUT2D eigenvalue weighted by atomic mass is 9.94. The van der Waals surface area contributed by atoms with Crippen molar-refractivity contribution in [3.05, 3.63) is 24.3 Å². The molecule has 5 nitrogen and oxygen atoms in total. The van der Waals surface area contributed by atoms with E-state index in [-0.39, 0.29) is 12.5 Å². The van der Waals surface area contributed by atoms with Gasteiger partial charge in [0, 0.05) is 12.1 Å². The summed E-state index contributed by atoms with van der Waals surface area (Å²) in [5.41, 5.74) is 0.758. The van der Waals surface area contributed by atoms with Crippen LogP contribution in [-0.4, -0.2) is 25.6 Å². The first-order chi connectivity index (χ1) is 9.78. The zero-order valence-corrected chi connectivity index (χ0v) is 11.4. The second-order valence-corrected chi connectivity index (χ2v) is 4.92. The summed E-state index contributed by atoms with van der Waals surface area (Å²) in [5, 5.41) is 14.6. The zero-order valence-electron chi connectivity index (χ0n) is 11.4. The molecule has 0 radical (unpaired) electrons. The van der Waals surface area contributed by atoms with Crippen LogP contribution in [0.4, 0.5) is 5.69 Å². The van der Waals surface area contributed by atoms with Crippen LogP contribution in [0.3, 0.4) is 0 Å². The molecule has 1 saturated heterocycles. The molecule has 2 rings (SSSR count). The van der Waals surface area contributed by atoms with Crippen molar-refractivity contribution in [2.24, 2.45) is 5.92 Å². The standard InChI is InChI=1S/C15H19N3O2/c16-7-10-20-14-3-1-13(2-4-14)18-15(19)11-12-5-8-17-9-6-12/h1-4,12,17H,5-6,8-11H2,(H,18,19). The van der Waals surface area contributed by atoms with Gasteiger partial charge in [-0.05, 0) is 56.1 Å². The third kappa shape index (κ3) is 4.56. The van der Waals surface area contributed by atoms with E-state index in [1.54, 1.807) is 24.3 Å². The number of hydrogen-bond acceptors (Lipinski definition) is 4. The van der Waals surface area contributed by atoms with Crippen molar-refractivity contribution >= 4 is 11.6 Å². The summed E-state index contributed by atoms with van der Waals surface area (Å²) in [5.74, 6) is 1.17. The third-order valence-electron chi connectivity index (χ3n) is 3.37. The molecule has 0 saturated carbocycles. The second kappa shape index (κ2) is 7.51. The average Bonchev–Trinajstić information content (AvgIpc) is 2.47. The van der Waals surface area contributed by atoms with Crippen molar-refractivity contribution in [3.8, 4) is 11.8 Å². The lowest BCUT2D eigenvalue weighted by molar-refractivity contribution is -0.117. The molecule has 5 heteroatoms. The van der Waals surface area contributed by atoms with E-state index in [1.165, 1.54) is 0 Å². The molecule has 1 aromatic carbocycles. The van der Waals surface area contributed by atoms with Crippen LogP contribution in [0.2, 0.25) is 0 Å². The van der Waals surface area contributed by atoms with Gasteiger partial charge < -0.3 is 15.4 Å². The fraction of sp³-hybridized carbons (Fsp3) is 0.467. The number of amides is 1. The van der Waals surface area contributed by atoms with Crippen LogP contribution >= 0.6 is 0 Å². The van der Waals surface area contributed by atoms with Crippen LogP contribution in [0, 0.1) is 17.2 Å². The minimum atomic E-state index is 0.0292. The van der Waals surface area contributed by atoms with Gasteiger partial charge in [-0.25, -0.2) is 0 Å². The lowest BCUT2D eigenvalue weighted by Gasteiger charge is -2.21. The molecule has 0 bridgehead atoms. The number of anilines is 1. The normalized spacial score (nSPS) is 15.3. The fourth-order valence-electron chi connectivity index (χ4n) is 2.31. The highest BCUT2D eigenvalue weighted by Gasteiger charge is 2.16. The van der Waals surface area contributed by atoms with Gasteiger partial charge in [0.05, 0.1) is 0 Å². The van der Waals surface area contributed by atoms with Crippen LogP contribution in [-0.2, 0) is 4.79 Å². The Balaban J connectivity index is 1.80. The molecule has 0 aromatic heterocycles. The number of piperidine rings is 1. The number of ether oxygens (including phenoxy) is 1. The molecule has 106 valence electrons. The summed E-state index contributed by atoms with van der Waals surface area (Å²) in [7, 11) is 0. The zero-order chi connectivity index (χ0) is 14.2. The summed E-state index contributed by atoms with van der Waals surface area (Å²) in [6.07, 6.45) is 2.71. The molecule has 0 aliphatic carbocycles. The molecular formula is C15H19N3O2. The van der Waals surface area contributed by atoms with Crippen LogP contribution in [0.1, 0.15) is 19.3 Å². The van der Waals surface area contributed by atoms with Crippen LogP contribution in [0.25, 0.3) is 0 Å². The highest BCUT2D eigenvalue weighted by Crippen LogP contribution is 2.19. The predicted molar refractivity (Wildman–Crippen MR) is 76.4 cm³/mol. The molecule has 1 fully saturated rings. The molecule has 20 heavy (non-hydrogen) atoms. The van der Waals surface area contributed by atoms with E-state index in [2.05, 4.69) is 10.6 Å². The molecule has 0 unspecified atom stereocenters. The Morgan fingerprint density at radius 2 is 2.05 bits per heavy atom. The van der Waals surface area contributed by atoms with E-state index in [1.807, 2.05) is 6.07 Å². The highest BCUT2D eigenvalue weighted by molar-refractivity contribution is 5.90. The van der Waals surface area contributed by atoms with Gasteiger partial charge in [-0.1, -0.05) is 0 Å². The minimum absolute atomic E-state index is 0.0292. The monoisotopic (exact) mass is 273 g/mol. The number of benzene rings is 1. The van der Waals surface area contributed by atoms with Crippen molar-refractivity contribution in [2.45, 2.75) is 19.3 Å². The van der Waals surface area contributed by atoms with Gasteiger partial charge in [0.15, 0.2) is 6.61 Å². The summed E-state index contributed by atoms with van der Waals surface area (Å²) < 4.78 is 5.16. The van der Waals surface area contributed by atoms with Gasteiger partial charge in [-0.15, -0.1) is 0 Å². The molecule has 0 spiro atoms. The quantitative estimate of drug-likeness (QED) is 0.859. The number of nitrogens with zero attached hydrogens (tertiary/aromatic N) is 1. The van der Waals surface area contributed by atoms with Gasteiger partial charge in [-0.3, -0.25) is 4.79 Å². The highest BCUT2D eigenvalue weighted by atomic mass is 16.5. The first kappa shape index (κ1) is 14.4. The van der Waals surface area contributed by atoms with Gasteiger partial charge in [0.1, 0.15) is 11.8 Å². The van der Waals surface area contributed by atoms with Gasteiger partial charge in [0.25, 0.3) is 0 Å². The summed E-state index contributed by atoms with van der Waals surface area (Å²) in [6.45, 7) is 2.03.